The van der Waals surface area contributed by atoms with Gasteiger partial charge in [0, 0.05) is 0 Å². The van der Waals surface area contributed by atoms with Gasteiger partial charge < -0.3 is 9.47 Å². The number of methoxy groups -OCH3 is 2. The molecule has 0 aliphatic carbocycles. The van der Waals surface area contributed by atoms with E-state index in [2.05, 4.69) is 11.7 Å². The lowest BCUT2D eigenvalue weighted by Crippen LogP contribution is -2.18. The molecule has 0 aromatic rings. The van der Waals surface area contributed by atoms with E-state index in [1.54, 1.807) is 6.08 Å². The molecule has 1 atom stereocenters. The topological polar surface area (TPSA) is 52.6 Å². The Morgan fingerprint density at radius 2 is 1.27 bits per heavy atom. The Hall–Kier alpha value is -1.32. The molecule has 0 aliphatic heterocycles. The summed E-state index contributed by atoms with van der Waals surface area (Å²) in [6.07, 6.45) is 20.7. The van der Waals surface area contributed by atoms with Crippen LogP contribution in [0.25, 0.3) is 0 Å². The highest BCUT2D eigenvalue weighted by molar-refractivity contribution is 5.81. The number of carbonyl (C=O) groups excluding carboxylic acids is 2. The van der Waals surface area contributed by atoms with Crippen molar-refractivity contribution in [3.63, 3.8) is 0 Å². The number of hydrogen-bond donors (Lipinski definition) is 0. The summed E-state index contributed by atoms with van der Waals surface area (Å²) < 4.78 is 9.35. The van der Waals surface area contributed by atoms with Gasteiger partial charge in [-0.1, -0.05) is 89.7 Å². The highest BCUT2D eigenvalue weighted by Crippen LogP contribution is 2.14. The summed E-state index contributed by atoms with van der Waals surface area (Å²) >= 11 is 0. The fourth-order valence-corrected chi connectivity index (χ4v) is 3.01. The minimum Gasteiger partial charge on any atom is -0.469 e. The first-order chi connectivity index (χ1) is 12.7. The van der Waals surface area contributed by atoms with Crippen molar-refractivity contribution in [2.24, 2.45) is 5.92 Å². The van der Waals surface area contributed by atoms with Gasteiger partial charge in [-0.2, -0.15) is 0 Å². The molecule has 0 heterocycles. The lowest BCUT2D eigenvalue weighted by Gasteiger charge is -2.08. The van der Waals surface area contributed by atoms with Crippen LogP contribution in [0, 0.1) is 5.92 Å². The van der Waals surface area contributed by atoms with Gasteiger partial charge in [0.1, 0.15) is 0 Å². The molecule has 0 rings (SSSR count). The van der Waals surface area contributed by atoms with E-state index < -0.39 is 11.9 Å². The van der Waals surface area contributed by atoms with Crippen molar-refractivity contribution in [3.8, 4) is 0 Å². The Morgan fingerprint density at radius 1 is 0.769 bits per heavy atom. The Bertz CT molecular complexity index is 376. The van der Waals surface area contributed by atoms with Gasteiger partial charge in [0.15, 0.2) is 0 Å². The molecule has 0 spiro atoms. The fraction of sp³-hybridized carbons (Fsp3) is 0.818. The second-order valence-corrected chi connectivity index (χ2v) is 7.02. The van der Waals surface area contributed by atoms with Crippen molar-refractivity contribution >= 4 is 11.9 Å². The largest absolute Gasteiger partial charge is 0.469 e. The van der Waals surface area contributed by atoms with Crippen LogP contribution < -0.4 is 0 Å². The molecule has 152 valence electrons. The van der Waals surface area contributed by atoms with E-state index in [0.717, 1.165) is 12.8 Å². The van der Waals surface area contributed by atoms with Crippen molar-refractivity contribution in [1.82, 2.24) is 0 Å². The Kier molecular flexibility index (Phi) is 17.5. The predicted molar refractivity (Wildman–Crippen MR) is 107 cm³/mol. The fourth-order valence-electron chi connectivity index (χ4n) is 3.01. The SMILES string of the molecule is CCCCCCCCCCCCCCC=CC(CC(=O)OC)C(=O)OC. The number of carbonyl (C=O) groups is 2. The molecule has 0 bridgehead atoms. The minimum absolute atomic E-state index is 0.0398. The maximum atomic E-state index is 11.6. The third kappa shape index (κ3) is 15.0. The molecule has 0 aliphatic rings. The van der Waals surface area contributed by atoms with Crippen LogP contribution in [0.3, 0.4) is 0 Å². The number of unbranched alkanes of at least 4 members (excludes halogenated alkanes) is 12. The maximum Gasteiger partial charge on any atom is 0.313 e. The molecule has 0 N–H and O–H groups in total. The van der Waals surface area contributed by atoms with Crippen LogP contribution in [-0.2, 0) is 19.1 Å². The standard InChI is InChI=1S/C22H40O4/c1-4-5-6-7-8-9-10-11-12-13-14-15-16-17-18-20(22(24)26-3)19-21(23)25-2/h17-18,20H,4-16,19H2,1-3H3. The molecular weight excluding hydrogens is 328 g/mol. The summed E-state index contributed by atoms with van der Waals surface area (Å²) in [5, 5.41) is 0. The lowest BCUT2D eigenvalue weighted by molar-refractivity contribution is -0.150. The maximum absolute atomic E-state index is 11.6. The van der Waals surface area contributed by atoms with Gasteiger partial charge in [-0.15, -0.1) is 0 Å². The molecule has 0 saturated heterocycles. The highest BCUT2D eigenvalue weighted by atomic mass is 16.5. The second-order valence-electron chi connectivity index (χ2n) is 7.02. The van der Waals surface area contributed by atoms with E-state index in [1.165, 1.54) is 84.8 Å². The zero-order valence-corrected chi connectivity index (χ0v) is 17.3. The molecule has 26 heavy (non-hydrogen) atoms. The normalized spacial score (nSPS) is 12.3. The summed E-state index contributed by atoms with van der Waals surface area (Å²) in [5.74, 6) is -1.32. The summed E-state index contributed by atoms with van der Waals surface area (Å²) in [6.45, 7) is 2.26. The van der Waals surface area contributed by atoms with Crippen LogP contribution in [0.15, 0.2) is 12.2 Å². The van der Waals surface area contributed by atoms with Crippen LogP contribution in [0.5, 0.6) is 0 Å². The number of allylic oxidation sites excluding steroid dienone is 1. The zero-order chi connectivity index (χ0) is 19.5. The van der Waals surface area contributed by atoms with Gasteiger partial charge in [0.05, 0.1) is 26.6 Å². The minimum atomic E-state index is -0.537. The summed E-state index contributed by atoms with van der Waals surface area (Å²) in [4.78, 5) is 23.0. The second kappa shape index (κ2) is 18.5. The van der Waals surface area contributed by atoms with Crippen molar-refractivity contribution in [3.05, 3.63) is 12.2 Å². The van der Waals surface area contributed by atoms with Crippen LogP contribution in [-0.4, -0.2) is 26.2 Å². The Labute approximate surface area is 160 Å². The zero-order valence-electron chi connectivity index (χ0n) is 17.3. The van der Waals surface area contributed by atoms with Crippen LogP contribution in [0.2, 0.25) is 0 Å². The average Bonchev–Trinajstić information content (AvgIpc) is 2.66. The van der Waals surface area contributed by atoms with Crippen LogP contribution >= 0.6 is 0 Å². The number of hydrogen-bond acceptors (Lipinski definition) is 4. The van der Waals surface area contributed by atoms with Crippen LogP contribution in [0.1, 0.15) is 96.8 Å². The number of esters is 2. The predicted octanol–water partition coefficient (Wildman–Crippen LogP) is 5.99. The molecular formula is C22H40O4. The van der Waals surface area contributed by atoms with Crippen molar-refractivity contribution in [2.75, 3.05) is 14.2 Å². The molecule has 0 saturated carbocycles. The van der Waals surface area contributed by atoms with Gasteiger partial charge in [-0.3, -0.25) is 9.59 Å². The van der Waals surface area contributed by atoms with E-state index >= 15 is 0 Å². The first-order valence-corrected chi connectivity index (χ1v) is 10.5. The third-order valence-electron chi connectivity index (χ3n) is 4.71. The molecule has 1 unspecified atom stereocenters. The number of ether oxygens (including phenoxy) is 2. The first-order valence-electron chi connectivity index (χ1n) is 10.5. The molecule has 4 nitrogen and oxygen atoms in total. The first kappa shape index (κ1) is 24.7. The monoisotopic (exact) mass is 368 g/mol. The summed E-state index contributed by atoms with van der Waals surface area (Å²) in [5.41, 5.74) is 0. The summed E-state index contributed by atoms with van der Waals surface area (Å²) in [6, 6.07) is 0. The molecule has 0 amide bonds. The highest BCUT2D eigenvalue weighted by Gasteiger charge is 2.19. The van der Waals surface area contributed by atoms with Gasteiger partial charge in [-0.25, -0.2) is 0 Å². The summed E-state index contributed by atoms with van der Waals surface area (Å²) in [7, 11) is 2.67. The smallest absolute Gasteiger partial charge is 0.313 e. The van der Waals surface area contributed by atoms with Gasteiger partial charge >= 0.3 is 11.9 Å². The van der Waals surface area contributed by atoms with E-state index in [4.69, 9.17) is 4.74 Å². The molecule has 0 radical (unpaired) electrons. The molecule has 0 fully saturated rings. The quantitative estimate of drug-likeness (QED) is 0.180. The van der Waals surface area contributed by atoms with Crippen LogP contribution in [0.4, 0.5) is 0 Å². The third-order valence-corrected chi connectivity index (χ3v) is 4.71. The van der Waals surface area contributed by atoms with E-state index in [-0.39, 0.29) is 12.4 Å². The van der Waals surface area contributed by atoms with E-state index in [0.29, 0.717) is 0 Å². The van der Waals surface area contributed by atoms with Crippen molar-refractivity contribution in [2.45, 2.75) is 96.8 Å². The molecule has 4 heteroatoms. The number of rotatable bonds is 17. The molecule has 0 aromatic carbocycles. The van der Waals surface area contributed by atoms with Gasteiger partial charge in [0.25, 0.3) is 0 Å². The Morgan fingerprint density at radius 3 is 1.73 bits per heavy atom. The van der Waals surface area contributed by atoms with Gasteiger partial charge in [-0.05, 0) is 12.8 Å². The van der Waals surface area contributed by atoms with Gasteiger partial charge in [0.2, 0.25) is 0 Å². The van der Waals surface area contributed by atoms with E-state index in [1.807, 2.05) is 6.08 Å². The van der Waals surface area contributed by atoms with Crippen molar-refractivity contribution < 1.29 is 19.1 Å². The molecule has 0 aromatic heterocycles. The average molecular weight is 369 g/mol. The Balaban J connectivity index is 3.60. The van der Waals surface area contributed by atoms with Crippen molar-refractivity contribution in [1.29, 1.82) is 0 Å². The lowest BCUT2D eigenvalue weighted by atomic mass is 10.0. The van der Waals surface area contributed by atoms with E-state index in [9.17, 15) is 9.59 Å².